The van der Waals surface area contributed by atoms with Crippen molar-refractivity contribution < 1.29 is 9.47 Å². The van der Waals surface area contributed by atoms with Gasteiger partial charge >= 0.3 is 0 Å². The van der Waals surface area contributed by atoms with Gasteiger partial charge < -0.3 is 14.8 Å². The van der Waals surface area contributed by atoms with Crippen molar-refractivity contribution in [2.45, 2.75) is 33.4 Å². The average molecular weight is 282 g/mol. The SMILES string of the molecule is CC#CCOc1c(CNC(C)C)cc(Cl)cc1OC. The summed E-state index contributed by atoms with van der Waals surface area (Å²) in [6.45, 7) is 6.96. The van der Waals surface area contributed by atoms with E-state index in [1.807, 2.05) is 6.07 Å². The minimum atomic E-state index is 0.336. The van der Waals surface area contributed by atoms with Crippen LogP contribution in [-0.2, 0) is 6.54 Å². The van der Waals surface area contributed by atoms with E-state index in [-0.39, 0.29) is 0 Å². The highest BCUT2D eigenvalue weighted by Gasteiger charge is 2.12. The predicted octanol–water partition coefficient (Wildman–Crippen LogP) is 3.25. The van der Waals surface area contributed by atoms with E-state index < -0.39 is 0 Å². The second kappa shape index (κ2) is 7.93. The van der Waals surface area contributed by atoms with E-state index in [0.717, 1.165) is 5.56 Å². The van der Waals surface area contributed by atoms with Gasteiger partial charge in [-0.05, 0) is 13.0 Å². The van der Waals surface area contributed by atoms with Gasteiger partial charge in [-0.1, -0.05) is 31.4 Å². The number of halogens is 1. The largest absolute Gasteiger partial charge is 0.493 e. The van der Waals surface area contributed by atoms with Crippen molar-refractivity contribution in [2.24, 2.45) is 0 Å². The Bertz CT molecular complexity index is 475. The Morgan fingerprint density at radius 3 is 2.68 bits per heavy atom. The molecule has 0 bridgehead atoms. The van der Waals surface area contributed by atoms with Crippen LogP contribution in [0.25, 0.3) is 0 Å². The van der Waals surface area contributed by atoms with Crippen LogP contribution in [0.15, 0.2) is 12.1 Å². The molecule has 0 saturated carbocycles. The molecule has 104 valence electrons. The van der Waals surface area contributed by atoms with E-state index in [2.05, 4.69) is 31.0 Å². The number of hydrogen-bond acceptors (Lipinski definition) is 3. The van der Waals surface area contributed by atoms with Crippen LogP contribution in [0.4, 0.5) is 0 Å². The van der Waals surface area contributed by atoms with Crippen molar-refractivity contribution in [2.75, 3.05) is 13.7 Å². The number of benzene rings is 1. The van der Waals surface area contributed by atoms with Crippen LogP contribution in [0.5, 0.6) is 11.5 Å². The molecule has 1 N–H and O–H groups in total. The molecule has 4 heteroatoms. The molecule has 0 unspecified atom stereocenters. The molecule has 19 heavy (non-hydrogen) atoms. The third-order valence-corrected chi connectivity index (χ3v) is 2.70. The molecule has 3 nitrogen and oxygen atoms in total. The van der Waals surface area contributed by atoms with E-state index in [1.165, 1.54) is 0 Å². The molecule has 0 aliphatic heterocycles. The fourth-order valence-electron chi connectivity index (χ4n) is 1.56. The quantitative estimate of drug-likeness (QED) is 0.812. The van der Waals surface area contributed by atoms with Crippen LogP contribution in [0, 0.1) is 11.8 Å². The first-order valence-electron chi connectivity index (χ1n) is 6.20. The lowest BCUT2D eigenvalue weighted by Crippen LogP contribution is -2.22. The molecule has 0 amide bonds. The summed E-state index contributed by atoms with van der Waals surface area (Å²) in [6.07, 6.45) is 0. The number of rotatable bonds is 6. The van der Waals surface area contributed by atoms with Crippen molar-refractivity contribution in [3.05, 3.63) is 22.7 Å². The number of methoxy groups -OCH3 is 1. The second-order valence-electron chi connectivity index (χ2n) is 4.35. The summed E-state index contributed by atoms with van der Waals surface area (Å²) in [6, 6.07) is 4.01. The maximum atomic E-state index is 6.09. The van der Waals surface area contributed by atoms with Crippen molar-refractivity contribution in [1.29, 1.82) is 0 Å². The molecule has 0 atom stereocenters. The van der Waals surface area contributed by atoms with Gasteiger partial charge in [0, 0.05) is 29.2 Å². The first-order valence-corrected chi connectivity index (χ1v) is 6.58. The fourth-order valence-corrected chi connectivity index (χ4v) is 1.79. The Kier molecular flexibility index (Phi) is 6.55. The number of hydrogen-bond donors (Lipinski definition) is 1. The summed E-state index contributed by atoms with van der Waals surface area (Å²) in [4.78, 5) is 0. The molecule has 0 aliphatic rings. The zero-order valence-corrected chi connectivity index (χ0v) is 12.6. The van der Waals surface area contributed by atoms with Crippen LogP contribution in [0.3, 0.4) is 0 Å². The third-order valence-electron chi connectivity index (χ3n) is 2.48. The normalized spacial score (nSPS) is 10.0. The summed E-state index contributed by atoms with van der Waals surface area (Å²) in [5, 5.41) is 3.97. The van der Waals surface area contributed by atoms with Gasteiger partial charge in [0.25, 0.3) is 0 Å². The van der Waals surface area contributed by atoms with Gasteiger partial charge in [0.15, 0.2) is 11.5 Å². The Morgan fingerprint density at radius 1 is 1.37 bits per heavy atom. The van der Waals surface area contributed by atoms with Crippen LogP contribution in [0.1, 0.15) is 26.3 Å². The van der Waals surface area contributed by atoms with Crippen molar-refractivity contribution in [3.63, 3.8) is 0 Å². The van der Waals surface area contributed by atoms with Gasteiger partial charge in [-0.3, -0.25) is 0 Å². The molecule has 0 heterocycles. The standard InChI is InChI=1S/C15H20ClNO2/c1-5-6-7-19-15-12(10-17-11(2)3)8-13(16)9-14(15)18-4/h8-9,11,17H,7,10H2,1-4H3. The molecule has 0 saturated heterocycles. The summed E-state index contributed by atoms with van der Waals surface area (Å²) in [5.74, 6) is 7.00. The Labute approximate surface area is 120 Å². The van der Waals surface area contributed by atoms with Gasteiger partial charge in [-0.25, -0.2) is 0 Å². The molecule has 1 rings (SSSR count). The van der Waals surface area contributed by atoms with Gasteiger partial charge in [0.05, 0.1) is 7.11 Å². The maximum Gasteiger partial charge on any atom is 0.167 e. The lowest BCUT2D eigenvalue weighted by Gasteiger charge is -2.16. The summed E-state index contributed by atoms with van der Waals surface area (Å²) >= 11 is 6.09. The molecular weight excluding hydrogens is 262 g/mol. The summed E-state index contributed by atoms with van der Waals surface area (Å²) in [5.41, 5.74) is 0.968. The third kappa shape index (κ3) is 5.02. The van der Waals surface area contributed by atoms with Crippen molar-refractivity contribution in [3.8, 4) is 23.3 Å². The molecule has 0 aromatic heterocycles. The van der Waals surface area contributed by atoms with E-state index >= 15 is 0 Å². The first-order chi connectivity index (χ1) is 9.08. The predicted molar refractivity (Wildman–Crippen MR) is 78.9 cm³/mol. The monoisotopic (exact) mass is 281 g/mol. The average Bonchev–Trinajstić information content (AvgIpc) is 2.37. The zero-order valence-electron chi connectivity index (χ0n) is 11.8. The highest BCUT2D eigenvalue weighted by Crippen LogP contribution is 2.34. The number of ether oxygens (including phenoxy) is 2. The van der Waals surface area contributed by atoms with Crippen molar-refractivity contribution >= 4 is 11.6 Å². The van der Waals surface area contributed by atoms with E-state index in [4.69, 9.17) is 21.1 Å². The lowest BCUT2D eigenvalue weighted by atomic mass is 10.1. The van der Waals surface area contributed by atoms with Crippen LogP contribution >= 0.6 is 11.6 Å². The Morgan fingerprint density at radius 2 is 2.11 bits per heavy atom. The van der Waals surface area contributed by atoms with Crippen LogP contribution in [0.2, 0.25) is 5.02 Å². The maximum absolute atomic E-state index is 6.09. The molecule has 0 fully saturated rings. The topological polar surface area (TPSA) is 30.5 Å². The smallest absolute Gasteiger partial charge is 0.167 e. The van der Waals surface area contributed by atoms with E-state index in [1.54, 1.807) is 20.1 Å². The molecule has 0 spiro atoms. The van der Waals surface area contributed by atoms with E-state index in [9.17, 15) is 0 Å². The first kappa shape index (κ1) is 15.7. The van der Waals surface area contributed by atoms with Crippen molar-refractivity contribution in [1.82, 2.24) is 5.32 Å². The van der Waals surface area contributed by atoms with E-state index in [0.29, 0.717) is 35.7 Å². The minimum absolute atomic E-state index is 0.336. The van der Waals surface area contributed by atoms with Crippen LogP contribution in [-0.4, -0.2) is 19.8 Å². The molecular formula is C15H20ClNO2. The Balaban J connectivity index is 3.01. The summed E-state index contributed by atoms with van der Waals surface area (Å²) < 4.78 is 11.0. The fraction of sp³-hybridized carbons (Fsp3) is 0.467. The number of nitrogens with one attached hydrogen (secondary N) is 1. The van der Waals surface area contributed by atoms with Crippen LogP contribution < -0.4 is 14.8 Å². The zero-order chi connectivity index (χ0) is 14.3. The summed E-state index contributed by atoms with van der Waals surface area (Å²) in [7, 11) is 1.60. The van der Waals surface area contributed by atoms with Gasteiger partial charge in [-0.2, -0.15) is 0 Å². The molecule has 1 aromatic rings. The van der Waals surface area contributed by atoms with Gasteiger partial charge in [0.2, 0.25) is 0 Å². The molecule has 0 aliphatic carbocycles. The van der Waals surface area contributed by atoms with Gasteiger partial charge in [-0.15, -0.1) is 5.92 Å². The second-order valence-corrected chi connectivity index (χ2v) is 4.78. The van der Waals surface area contributed by atoms with Gasteiger partial charge in [0.1, 0.15) is 6.61 Å². The Hall–Kier alpha value is -1.37. The minimum Gasteiger partial charge on any atom is -0.493 e. The lowest BCUT2D eigenvalue weighted by molar-refractivity contribution is 0.326. The highest BCUT2D eigenvalue weighted by molar-refractivity contribution is 6.30. The highest BCUT2D eigenvalue weighted by atomic mass is 35.5. The molecule has 1 aromatic carbocycles. The molecule has 0 radical (unpaired) electrons.